The van der Waals surface area contributed by atoms with Crippen LogP contribution in [0.5, 0.6) is 0 Å². The molecule has 0 unspecified atom stereocenters. The Kier molecular flexibility index (Phi) is 11.6. The zero-order valence-electron chi connectivity index (χ0n) is 4.51. The fraction of sp³-hybridized carbons (Fsp3) is 0.333. The summed E-state index contributed by atoms with van der Waals surface area (Å²) >= 11 is 0. The zero-order valence-corrected chi connectivity index (χ0v) is 8.16. The minimum Gasteiger partial charge on any atom is -0.358 e. The summed E-state index contributed by atoms with van der Waals surface area (Å²) in [4.78, 5) is 0. The molecule has 0 aliphatic heterocycles. The summed E-state index contributed by atoms with van der Waals surface area (Å²) in [6.45, 7) is 0. The van der Waals surface area contributed by atoms with Crippen molar-refractivity contribution in [2.45, 2.75) is 0 Å². The van der Waals surface area contributed by atoms with Crippen molar-refractivity contribution < 1.29 is 41.1 Å². The van der Waals surface area contributed by atoms with E-state index in [2.05, 4.69) is 6.26 Å². The molecule has 4 heteroatoms. The Morgan fingerprint density at radius 1 is 1.43 bits per heavy atom. The van der Waals surface area contributed by atoms with Crippen LogP contribution in [0.15, 0.2) is 0 Å². The van der Waals surface area contributed by atoms with Gasteiger partial charge in [0.25, 0.3) is 0 Å². The Morgan fingerprint density at radius 3 is 1.43 bits per heavy atom. The predicted molar refractivity (Wildman–Crippen MR) is 26.6 cm³/mol. The summed E-state index contributed by atoms with van der Waals surface area (Å²) < 4.78 is 19.0. The van der Waals surface area contributed by atoms with Crippen LogP contribution >= 0.6 is 0 Å². The number of hydrogen-bond acceptors (Lipinski definition) is 2. The molecular weight excluding hydrogens is 189 g/mol. The minimum atomic E-state index is -2.92. The first-order chi connectivity index (χ1) is 2.00. The van der Waals surface area contributed by atoms with Crippen molar-refractivity contribution in [3.05, 3.63) is 13.7 Å². The number of rotatable bonds is 0. The van der Waals surface area contributed by atoms with Gasteiger partial charge in [-0.1, -0.05) is 0 Å². The quantitative estimate of drug-likeness (QED) is 0.522. The third-order valence-corrected chi connectivity index (χ3v) is 0. The molecule has 0 aromatic carbocycles. The summed E-state index contributed by atoms with van der Waals surface area (Å²) in [6, 6.07) is 0. The van der Waals surface area contributed by atoms with Crippen molar-refractivity contribution in [3.8, 4) is 0 Å². The molecule has 1 radical (unpaired) electrons. The molecule has 0 aliphatic rings. The second-order valence-electron chi connectivity index (χ2n) is 0.926. The molecule has 0 aromatic heterocycles. The van der Waals surface area contributed by atoms with Crippen LogP contribution < -0.4 is 0 Å². The topological polar surface area (TPSA) is 34.1 Å². The molecule has 0 fully saturated rings. The Bertz CT molecular complexity index is 96.1. The molecule has 0 aliphatic carbocycles. The van der Waals surface area contributed by atoms with Gasteiger partial charge in [0.05, 0.1) is 0 Å². The molecule has 7 heavy (non-hydrogen) atoms. The van der Waals surface area contributed by atoms with Crippen LogP contribution in [0.1, 0.15) is 0 Å². The third-order valence-electron chi connectivity index (χ3n) is 0. The molecule has 0 N–H and O–H groups in total. The molecule has 0 heterocycles. The molecule has 0 spiro atoms. The molecule has 0 atom stereocenters. The van der Waals surface area contributed by atoms with E-state index in [4.69, 9.17) is 0 Å². The van der Waals surface area contributed by atoms with Gasteiger partial charge in [0, 0.05) is 48.8 Å². The average molecular weight is 197 g/mol. The first-order valence-electron chi connectivity index (χ1n) is 1.03. The molecule has 0 saturated heterocycles. The van der Waals surface area contributed by atoms with E-state index in [1.807, 2.05) is 0 Å². The van der Waals surface area contributed by atoms with Gasteiger partial charge in [-0.15, -0.1) is 0 Å². The van der Waals surface area contributed by atoms with Crippen molar-refractivity contribution in [1.82, 2.24) is 0 Å². The third kappa shape index (κ3) is 162. The maximum atomic E-state index is 9.52. The van der Waals surface area contributed by atoms with E-state index in [0.29, 0.717) is 0 Å². The van der Waals surface area contributed by atoms with Crippen LogP contribution in [0.25, 0.3) is 0 Å². The standard InChI is InChI=1S/C2H5O2S.CH3.Y/c1-5(2,3)4;;/h1H2,2H3;1H3;/q2*-1;. The Morgan fingerprint density at radius 2 is 1.43 bits per heavy atom. The van der Waals surface area contributed by atoms with E-state index in [1.165, 1.54) is 0 Å². The van der Waals surface area contributed by atoms with E-state index in [-0.39, 0.29) is 40.1 Å². The largest absolute Gasteiger partial charge is 0.358 e. The van der Waals surface area contributed by atoms with Gasteiger partial charge in [-0.2, -0.15) is 0 Å². The van der Waals surface area contributed by atoms with E-state index in [0.717, 1.165) is 6.26 Å². The molecule has 0 rings (SSSR count). The predicted octanol–water partition coefficient (Wildman–Crippen LogP) is 0.270. The SMILES string of the molecule is [CH2-]S(C)(=O)=O.[CH3-].[Y]. The Labute approximate surface area is 70.5 Å². The fourth-order valence-electron chi connectivity index (χ4n) is 0. The van der Waals surface area contributed by atoms with E-state index in [9.17, 15) is 8.42 Å². The summed E-state index contributed by atoms with van der Waals surface area (Å²) in [5.74, 6) is 0. The van der Waals surface area contributed by atoms with Gasteiger partial charge in [-0.3, -0.25) is 8.42 Å². The molecular formula is C3H8O2SY-2. The summed E-state index contributed by atoms with van der Waals surface area (Å²) in [6.07, 6.45) is 3.79. The second kappa shape index (κ2) is 5.20. The van der Waals surface area contributed by atoms with Gasteiger partial charge < -0.3 is 7.43 Å². The molecule has 2 nitrogen and oxygen atoms in total. The smallest absolute Gasteiger partial charge is 0.0185 e. The van der Waals surface area contributed by atoms with E-state index < -0.39 is 9.84 Å². The fourth-order valence-corrected chi connectivity index (χ4v) is 0. The van der Waals surface area contributed by atoms with Gasteiger partial charge >= 0.3 is 0 Å². The summed E-state index contributed by atoms with van der Waals surface area (Å²) in [5, 5.41) is 0. The van der Waals surface area contributed by atoms with Crippen LogP contribution in [-0.4, -0.2) is 14.7 Å². The van der Waals surface area contributed by atoms with E-state index >= 15 is 0 Å². The summed E-state index contributed by atoms with van der Waals surface area (Å²) in [5.41, 5.74) is 0. The molecule has 0 bridgehead atoms. The van der Waals surface area contributed by atoms with Gasteiger partial charge in [0.2, 0.25) is 0 Å². The van der Waals surface area contributed by atoms with Crippen LogP contribution in [0, 0.1) is 13.7 Å². The van der Waals surface area contributed by atoms with Crippen molar-refractivity contribution in [2.75, 3.05) is 6.26 Å². The number of sulfone groups is 1. The second-order valence-corrected chi connectivity index (χ2v) is 2.78. The average Bonchev–Trinajstić information content (AvgIpc) is 0.722. The zero-order chi connectivity index (χ0) is 4.50. The molecule has 0 amide bonds. The molecule has 0 aromatic rings. The van der Waals surface area contributed by atoms with Gasteiger partial charge in [0.15, 0.2) is 0 Å². The summed E-state index contributed by atoms with van der Waals surface area (Å²) in [7, 11) is -2.92. The van der Waals surface area contributed by atoms with Crippen molar-refractivity contribution in [2.24, 2.45) is 0 Å². The number of hydrogen-bond donors (Lipinski definition) is 0. The molecule has 0 saturated carbocycles. The Hall–Kier alpha value is 1.05. The van der Waals surface area contributed by atoms with Crippen molar-refractivity contribution in [1.29, 1.82) is 0 Å². The van der Waals surface area contributed by atoms with Crippen LogP contribution in [0.2, 0.25) is 0 Å². The monoisotopic (exact) mass is 197 g/mol. The van der Waals surface area contributed by atoms with Crippen LogP contribution in [-0.2, 0) is 42.5 Å². The van der Waals surface area contributed by atoms with Gasteiger partial charge in [0.1, 0.15) is 0 Å². The van der Waals surface area contributed by atoms with Crippen molar-refractivity contribution >= 4 is 9.84 Å². The maximum absolute atomic E-state index is 9.52. The first-order valence-corrected chi connectivity index (χ1v) is 3.09. The van der Waals surface area contributed by atoms with Crippen molar-refractivity contribution in [3.63, 3.8) is 0 Å². The first kappa shape index (κ1) is 15.7. The minimum absolute atomic E-state index is 0. The Balaban J connectivity index is -0.0000000800. The van der Waals surface area contributed by atoms with Gasteiger partial charge in [-0.25, -0.2) is 6.26 Å². The normalized spacial score (nSPS) is 8.29. The van der Waals surface area contributed by atoms with E-state index in [1.54, 1.807) is 0 Å². The maximum Gasteiger partial charge on any atom is 0.0185 e. The molecule has 43 valence electrons. The van der Waals surface area contributed by atoms with Crippen LogP contribution in [0.3, 0.4) is 0 Å². The van der Waals surface area contributed by atoms with Gasteiger partial charge in [-0.05, 0) is 0 Å². The van der Waals surface area contributed by atoms with Crippen LogP contribution in [0.4, 0.5) is 0 Å².